The molecule has 1 saturated carbocycles. The van der Waals surface area contributed by atoms with Gasteiger partial charge in [0.2, 0.25) is 0 Å². The number of amides is 1. The third-order valence-corrected chi connectivity index (χ3v) is 4.84. The van der Waals surface area contributed by atoms with E-state index >= 15 is 0 Å². The standard InChI is InChI=1S/C20H22N2O2/c1-14-6-5-9-17(21-14)20(23)22-12-18(15-7-3-2-4-8-15)24-19(13-22)16-10-11-16/h2-9,16,18-19H,10-13H2,1H3/t18-,19+/m0/s1. The van der Waals surface area contributed by atoms with Crippen molar-refractivity contribution in [3.8, 4) is 0 Å². The Morgan fingerprint density at radius 1 is 1.08 bits per heavy atom. The van der Waals surface area contributed by atoms with Gasteiger partial charge >= 0.3 is 0 Å². The third-order valence-electron chi connectivity index (χ3n) is 4.84. The molecule has 2 atom stereocenters. The lowest BCUT2D eigenvalue weighted by Gasteiger charge is -2.38. The molecule has 0 radical (unpaired) electrons. The molecule has 1 aliphatic heterocycles. The molecule has 124 valence electrons. The Bertz CT molecular complexity index is 727. The molecule has 24 heavy (non-hydrogen) atoms. The van der Waals surface area contributed by atoms with Gasteiger partial charge in [-0.15, -0.1) is 0 Å². The molecule has 0 bridgehead atoms. The molecule has 0 N–H and O–H groups in total. The molecule has 1 aliphatic carbocycles. The molecule has 0 spiro atoms. The summed E-state index contributed by atoms with van der Waals surface area (Å²) in [7, 11) is 0. The van der Waals surface area contributed by atoms with E-state index in [0.717, 1.165) is 11.3 Å². The molecule has 1 saturated heterocycles. The van der Waals surface area contributed by atoms with Gasteiger partial charge in [0.25, 0.3) is 5.91 Å². The maximum Gasteiger partial charge on any atom is 0.272 e. The van der Waals surface area contributed by atoms with Crippen molar-refractivity contribution in [2.75, 3.05) is 13.1 Å². The molecule has 1 amide bonds. The summed E-state index contributed by atoms with van der Waals surface area (Å²) in [6.07, 6.45) is 2.49. The van der Waals surface area contributed by atoms with Gasteiger partial charge in [0.05, 0.1) is 12.6 Å². The maximum absolute atomic E-state index is 12.9. The van der Waals surface area contributed by atoms with Crippen LogP contribution in [0.25, 0.3) is 0 Å². The van der Waals surface area contributed by atoms with Crippen LogP contribution in [0, 0.1) is 12.8 Å². The van der Waals surface area contributed by atoms with E-state index in [1.54, 1.807) is 6.07 Å². The molecular weight excluding hydrogens is 300 g/mol. The fourth-order valence-corrected chi connectivity index (χ4v) is 3.36. The van der Waals surface area contributed by atoms with Crippen LogP contribution in [0.2, 0.25) is 0 Å². The van der Waals surface area contributed by atoms with E-state index in [2.05, 4.69) is 17.1 Å². The Balaban J connectivity index is 1.58. The van der Waals surface area contributed by atoms with E-state index in [1.165, 1.54) is 12.8 Å². The summed E-state index contributed by atoms with van der Waals surface area (Å²) in [5, 5.41) is 0. The molecule has 2 aliphatic rings. The highest BCUT2D eigenvalue weighted by atomic mass is 16.5. The number of pyridine rings is 1. The van der Waals surface area contributed by atoms with Crippen molar-refractivity contribution in [2.24, 2.45) is 5.92 Å². The Kier molecular flexibility index (Phi) is 4.07. The summed E-state index contributed by atoms with van der Waals surface area (Å²) in [6, 6.07) is 15.8. The van der Waals surface area contributed by atoms with Gasteiger partial charge in [0.15, 0.2) is 0 Å². The van der Waals surface area contributed by atoms with Gasteiger partial charge in [-0.2, -0.15) is 0 Å². The molecule has 2 heterocycles. The van der Waals surface area contributed by atoms with Gasteiger partial charge < -0.3 is 9.64 Å². The Hall–Kier alpha value is -2.20. The zero-order valence-electron chi connectivity index (χ0n) is 13.9. The lowest BCUT2D eigenvalue weighted by atomic mass is 10.0. The van der Waals surface area contributed by atoms with Gasteiger partial charge in [0, 0.05) is 12.2 Å². The highest BCUT2D eigenvalue weighted by Crippen LogP contribution is 2.39. The number of hydrogen-bond acceptors (Lipinski definition) is 3. The summed E-state index contributed by atoms with van der Waals surface area (Å²) in [5.74, 6) is 0.603. The maximum atomic E-state index is 12.9. The topological polar surface area (TPSA) is 42.4 Å². The number of morpholine rings is 1. The first-order chi connectivity index (χ1) is 11.7. The second kappa shape index (κ2) is 6.36. The highest BCUT2D eigenvalue weighted by Gasteiger charge is 2.40. The van der Waals surface area contributed by atoms with Crippen LogP contribution in [0.15, 0.2) is 48.5 Å². The number of carbonyl (C=O) groups is 1. The van der Waals surface area contributed by atoms with E-state index in [1.807, 2.05) is 42.2 Å². The van der Waals surface area contributed by atoms with Crippen LogP contribution < -0.4 is 0 Å². The molecule has 2 fully saturated rings. The lowest BCUT2D eigenvalue weighted by molar-refractivity contribution is -0.0865. The molecule has 1 aromatic carbocycles. The number of ether oxygens (including phenoxy) is 1. The van der Waals surface area contributed by atoms with Crippen molar-refractivity contribution < 1.29 is 9.53 Å². The highest BCUT2D eigenvalue weighted by molar-refractivity contribution is 5.92. The van der Waals surface area contributed by atoms with Crippen LogP contribution in [-0.4, -0.2) is 35.0 Å². The zero-order valence-corrected chi connectivity index (χ0v) is 13.9. The SMILES string of the molecule is Cc1cccc(C(=O)N2C[C@@H](c3ccccc3)O[C@@H](C3CC3)C2)n1. The van der Waals surface area contributed by atoms with E-state index < -0.39 is 0 Å². The Morgan fingerprint density at radius 3 is 2.58 bits per heavy atom. The minimum absolute atomic E-state index is 0.00795. The Labute approximate surface area is 142 Å². The van der Waals surface area contributed by atoms with Gasteiger partial charge in [-0.1, -0.05) is 36.4 Å². The average molecular weight is 322 g/mol. The number of carbonyl (C=O) groups excluding carboxylic acids is 1. The van der Waals surface area contributed by atoms with E-state index in [0.29, 0.717) is 24.7 Å². The average Bonchev–Trinajstić information content (AvgIpc) is 3.47. The molecule has 4 rings (SSSR count). The largest absolute Gasteiger partial charge is 0.366 e. The van der Waals surface area contributed by atoms with Crippen molar-refractivity contribution in [2.45, 2.75) is 32.0 Å². The van der Waals surface area contributed by atoms with Crippen molar-refractivity contribution in [1.82, 2.24) is 9.88 Å². The number of hydrogen-bond donors (Lipinski definition) is 0. The van der Waals surface area contributed by atoms with Crippen LogP contribution in [-0.2, 0) is 4.74 Å². The lowest BCUT2D eigenvalue weighted by Crippen LogP contribution is -2.48. The molecule has 0 unspecified atom stereocenters. The molecule has 1 aromatic heterocycles. The van der Waals surface area contributed by atoms with Crippen molar-refractivity contribution in [3.63, 3.8) is 0 Å². The van der Waals surface area contributed by atoms with Gasteiger partial charge in [0.1, 0.15) is 11.8 Å². The molecular formula is C20H22N2O2. The molecule has 4 heteroatoms. The summed E-state index contributed by atoms with van der Waals surface area (Å²) >= 11 is 0. The summed E-state index contributed by atoms with van der Waals surface area (Å²) in [5.41, 5.74) is 2.53. The second-order valence-electron chi connectivity index (χ2n) is 6.79. The fraction of sp³-hybridized carbons (Fsp3) is 0.400. The summed E-state index contributed by atoms with van der Waals surface area (Å²) in [6.45, 7) is 3.17. The van der Waals surface area contributed by atoms with E-state index in [9.17, 15) is 4.79 Å². The van der Waals surface area contributed by atoms with E-state index in [4.69, 9.17) is 4.74 Å². The third kappa shape index (κ3) is 3.20. The monoisotopic (exact) mass is 322 g/mol. The normalized spacial score (nSPS) is 24.0. The van der Waals surface area contributed by atoms with Crippen LogP contribution in [0.1, 0.15) is 40.7 Å². The minimum atomic E-state index is -0.0562. The quantitative estimate of drug-likeness (QED) is 0.870. The second-order valence-corrected chi connectivity index (χ2v) is 6.79. The summed E-state index contributed by atoms with van der Waals surface area (Å²) in [4.78, 5) is 19.2. The number of rotatable bonds is 3. The molecule has 2 aromatic rings. The van der Waals surface area contributed by atoms with Crippen molar-refractivity contribution in [3.05, 3.63) is 65.5 Å². The van der Waals surface area contributed by atoms with Crippen molar-refractivity contribution in [1.29, 1.82) is 0 Å². The number of aromatic nitrogens is 1. The van der Waals surface area contributed by atoms with Gasteiger partial charge in [-0.25, -0.2) is 4.98 Å². The zero-order chi connectivity index (χ0) is 16.5. The smallest absolute Gasteiger partial charge is 0.272 e. The van der Waals surface area contributed by atoms with Crippen LogP contribution >= 0.6 is 0 Å². The fourth-order valence-electron chi connectivity index (χ4n) is 3.36. The van der Waals surface area contributed by atoms with Crippen LogP contribution in [0.5, 0.6) is 0 Å². The number of nitrogens with zero attached hydrogens (tertiary/aromatic N) is 2. The molecule has 4 nitrogen and oxygen atoms in total. The summed E-state index contributed by atoms with van der Waals surface area (Å²) < 4.78 is 6.32. The first-order valence-corrected chi connectivity index (χ1v) is 8.64. The van der Waals surface area contributed by atoms with Gasteiger partial charge in [-0.05, 0) is 43.4 Å². The van der Waals surface area contributed by atoms with Gasteiger partial charge in [-0.3, -0.25) is 4.79 Å². The van der Waals surface area contributed by atoms with E-state index in [-0.39, 0.29) is 18.1 Å². The number of aryl methyl sites for hydroxylation is 1. The van der Waals surface area contributed by atoms with Crippen molar-refractivity contribution >= 4 is 5.91 Å². The number of benzene rings is 1. The predicted molar refractivity (Wildman–Crippen MR) is 91.7 cm³/mol. The Morgan fingerprint density at radius 2 is 1.88 bits per heavy atom. The first-order valence-electron chi connectivity index (χ1n) is 8.64. The van der Waals surface area contributed by atoms with Crippen LogP contribution in [0.4, 0.5) is 0 Å². The first kappa shape index (κ1) is 15.3. The predicted octanol–water partition coefficient (Wildman–Crippen LogP) is 3.38. The minimum Gasteiger partial charge on any atom is -0.366 e. The van der Waals surface area contributed by atoms with Crippen LogP contribution in [0.3, 0.4) is 0 Å².